The Balaban J connectivity index is 2.50. The SMILES string of the molecule is CCCN(OCc1ccn[nH]1)C(=O)OC(C)(C)C. The van der Waals surface area contributed by atoms with Crippen molar-refractivity contribution in [3.8, 4) is 0 Å². The maximum Gasteiger partial charge on any atom is 0.434 e. The molecule has 1 N–H and O–H groups in total. The lowest BCUT2D eigenvalue weighted by atomic mass is 10.2. The second kappa shape index (κ2) is 6.39. The van der Waals surface area contributed by atoms with E-state index in [0.29, 0.717) is 6.54 Å². The van der Waals surface area contributed by atoms with Gasteiger partial charge in [0, 0.05) is 6.20 Å². The summed E-state index contributed by atoms with van der Waals surface area (Å²) in [7, 11) is 0. The molecule has 1 aromatic rings. The summed E-state index contributed by atoms with van der Waals surface area (Å²) in [6.07, 6.45) is 1.96. The Bertz CT molecular complexity index is 357. The third-order valence-corrected chi connectivity index (χ3v) is 1.96. The molecule has 0 aromatic carbocycles. The van der Waals surface area contributed by atoms with E-state index in [1.807, 2.05) is 27.7 Å². The third-order valence-electron chi connectivity index (χ3n) is 1.96. The summed E-state index contributed by atoms with van der Waals surface area (Å²) in [5, 5.41) is 7.82. The summed E-state index contributed by atoms with van der Waals surface area (Å²) in [6, 6.07) is 1.79. The number of hydrogen-bond donors (Lipinski definition) is 1. The predicted octanol–water partition coefficient (Wildman–Crippen LogP) is 2.49. The molecule has 0 atom stereocenters. The van der Waals surface area contributed by atoms with Crippen molar-refractivity contribution in [3.63, 3.8) is 0 Å². The first-order valence-corrected chi connectivity index (χ1v) is 6.04. The van der Waals surface area contributed by atoms with Gasteiger partial charge in [0.25, 0.3) is 0 Å². The first-order valence-electron chi connectivity index (χ1n) is 6.04. The van der Waals surface area contributed by atoms with Crippen LogP contribution in [0.15, 0.2) is 12.3 Å². The van der Waals surface area contributed by atoms with E-state index in [2.05, 4.69) is 10.2 Å². The molecule has 102 valence electrons. The van der Waals surface area contributed by atoms with Crippen molar-refractivity contribution in [1.29, 1.82) is 0 Å². The standard InChI is InChI=1S/C12H21N3O3/c1-5-8-15(11(16)18-12(2,3)4)17-9-10-6-7-13-14-10/h6-7H,5,8-9H2,1-4H3,(H,13,14). The molecule has 1 rings (SSSR count). The van der Waals surface area contributed by atoms with Crippen LogP contribution in [-0.4, -0.2) is 33.5 Å². The summed E-state index contributed by atoms with van der Waals surface area (Å²) in [6.45, 7) is 8.19. The number of aromatic nitrogens is 2. The molecule has 0 radical (unpaired) electrons. The van der Waals surface area contributed by atoms with E-state index < -0.39 is 11.7 Å². The van der Waals surface area contributed by atoms with Crippen molar-refractivity contribution in [3.05, 3.63) is 18.0 Å². The van der Waals surface area contributed by atoms with Gasteiger partial charge in [0.1, 0.15) is 12.2 Å². The lowest BCUT2D eigenvalue weighted by molar-refractivity contribution is -0.156. The van der Waals surface area contributed by atoms with Gasteiger partial charge < -0.3 is 4.74 Å². The molecule has 0 aliphatic rings. The summed E-state index contributed by atoms with van der Waals surface area (Å²) in [5.74, 6) is 0. The predicted molar refractivity (Wildman–Crippen MR) is 66.6 cm³/mol. The number of carbonyl (C=O) groups excluding carboxylic acids is 1. The average molecular weight is 255 g/mol. The van der Waals surface area contributed by atoms with Crippen LogP contribution in [-0.2, 0) is 16.2 Å². The van der Waals surface area contributed by atoms with Gasteiger partial charge in [0.2, 0.25) is 0 Å². The lowest BCUT2D eigenvalue weighted by Gasteiger charge is -2.26. The van der Waals surface area contributed by atoms with Crippen LogP contribution in [0.2, 0.25) is 0 Å². The highest BCUT2D eigenvalue weighted by Crippen LogP contribution is 2.11. The fraction of sp³-hybridized carbons (Fsp3) is 0.667. The van der Waals surface area contributed by atoms with Gasteiger partial charge in [-0.2, -0.15) is 10.2 Å². The minimum atomic E-state index is -0.527. The molecule has 6 nitrogen and oxygen atoms in total. The summed E-state index contributed by atoms with van der Waals surface area (Å²) < 4.78 is 5.26. The first-order chi connectivity index (χ1) is 8.42. The molecular weight excluding hydrogens is 234 g/mol. The number of H-pyrrole nitrogens is 1. The quantitative estimate of drug-likeness (QED) is 0.821. The molecule has 0 spiro atoms. The van der Waals surface area contributed by atoms with E-state index in [0.717, 1.165) is 12.1 Å². The zero-order chi connectivity index (χ0) is 13.6. The van der Waals surface area contributed by atoms with Gasteiger partial charge in [-0.3, -0.25) is 9.94 Å². The Morgan fingerprint density at radius 3 is 2.72 bits per heavy atom. The Morgan fingerprint density at radius 2 is 2.22 bits per heavy atom. The van der Waals surface area contributed by atoms with Gasteiger partial charge in [0.15, 0.2) is 0 Å². The Hall–Kier alpha value is -1.56. The highest BCUT2D eigenvalue weighted by molar-refractivity contribution is 5.66. The highest BCUT2D eigenvalue weighted by Gasteiger charge is 2.22. The van der Waals surface area contributed by atoms with E-state index in [1.54, 1.807) is 12.3 Å². The fourth-order valence-electron chi connectivity index (χ4n) is 1.24. The van der Waals surface area contributed by atoms with Crippen molar-refractivity contribution in [2.24, 2.45) is 0 Å². The largest absolute Gasteiger partial charge is 0.442 e. The zero-order valence-electron chi connectivity index (χ0n) is 11.4. The summed E-state index contributed by atoms with van der Waals surface area (Å²) in [5.41, 5.74) is 0.278. The van der Waals surface area contributed by atoms with Gasteiger partial charge in [-0.15, -0.1) is 0 Å². The van der Waals surface area contributed by atoms with Crippen molar-refractivity contribution >= 4 is 6.09 Å². The summed E-state index contributed by atoms with van der Waals surface area (Å²) >= 11 is 0. The number of ether oxygens (including phenoxy) is 1. The molecule has 1 aromatic heterocycles. The molecule has 0 unspecified atom stereocenters. The molecule has 0 aliphatic carbocycles. The van der Waals surface area contributed by atoms with Crippen LogP contribution in [0.25, 0.3) is 0 Å². The van der Waals surface area contributed by atoms with Crippen molar-refractivity contribution in [2.45, 2.75) is 46.3 Å². The lowest BCUT2D eigenvalue weighted by Crippen LogP contribution is -2.37. The molecule has 18 heavy (non-hydrogen) atoms. The molecule has 0 fully saturated rings. The van der Waals surface area contributed by atoms with Crippen molar-refractivity contribution < 1.29 is 14.4 Å². The van der Waals surface area contributed by atoms with Crippen LogP contribution in [0.3, 0.4) is 0 Å². The van der Waals surface area contributed by atoms with Crippen LogP contribution < -0.4 is 0 Å². The number of nitrogens with one attached hydrogen (secondary N) is 1. The average Bonchev–Trinajstić information content (AvgIpc) is 2.74. The van der Waals surface area contributed by atoms with Gasteiger partial charge in [-0.25, -0.2) is 4.79 Å². The minimum absolute atomic E-state index is 0.263. The van der Waals surface area contributed by atoms with Crippen LogP contribution in [0, 0.1) is 0 Å². The second-order valence-corrected chi connectivity index (χ2v) is 4.94. The number of hydrogen-bond acceptors (Lipinski definition) is 4. The maximum absolute atomic E-state index is 11.9. The van der Waals surface area contributed by atoms with Gasteiger partial charge in [0.05, 0.1) is 12.2 Å². The number of carbonyl (C=O) groups is 1. The first kappa shape index (κ1) is 14.5. The zero-order valence-corrected chi connectivity index (χ0v) is 11.4. The smallest absolute Gasteiger partial charge is 0.434 e. The van der Waals surface area contributed by atoms with Gasteiger partial charge in [-0.05, 0) is 33.3 Å². The van der Waals surface area contributed by atoms with E-state index in [4.69, 9.17) is 9.57 Å². The normalized spacial score (nSPS) is 11.3. The van der Waals surface area contributed by atoms with Crippen LogP contribution in [0.4, 0.5) is 4.79 Å². The molecule has 0 bridgehead atoms. The number of hydroxylamine groups is 2. The number of nitrogens with zero attached hydrogens (tertiary/aromatic N) is 2. The van der Waals surface area contributed by atoms with Crippen molar-refractivity contribution in [2.75, 3.05) is 6.54 Å². The summed E-state index contributed by atoms with van der Waals surface area (Å²) in [4.78, 5) is 17.3. The van der Waals surface area contributed by atoms with E-state index in [9.17, 15) is 4.79 Å². The molecule has 0 saturated heterocycles. The molecular formula is C12H21N3O3. The maximum atomic E-state index is 11.9. The van der Waals surface area contributed by atoms with Gasteiger partial charge >= 0.3 is 6.09 Å². The topological polar surface area (TPSA) is 67.5 Å². The van der Waals surface area contributed by atoms with E-state index >= 15 is 0 Å². The molecule has 1 amide bonds. The fourth-order valence-corrected chi connectivity index (χ4v) is 1.24. The number of aromatic amines is 1. The Labute approximate surface area is 107 Å². The molecule has 1 heterocycles. The van der Waals surface area contributed by atoms with Gasteiger partial charge in [-0.1, -0.05) is 6.92 Å². The number of rotatable bonds is 5. The molecule has 0 aliphatic heterocycles. The highest BCUT2D eigenvalue weighted by atomic mass is 16.7. The Kier molecular flexibility index (Phi) is 5.15. The van der Waals surface area contributed by atoms with Crippen LogP contribution in [0.5, 0.6) is 0 Å². The monoisotopic (exact) mass is 255 g/mol. The van der Waals surface area contributed by atoms with E-state index in [1.165, 1.54) is 5.06 Å². The Morgan fingerprint density at radius 1 is 1.50 bits per heavy atom. The number of amides is 1. The minimum Gasteiger partial charge on any atom is -0.442 e. The van der Waals surface area contributed by atoms with Crippen molar-refractivity contribution in [1.82, 2.24) is 15.3 Å². The van der Waals surface area contributed by atoms with E-state index in [-0.39, 0.29) is 6.61 Å². The third kappa shape index (κ3) is 5.18. The molecule has 0 saturated carbocycles. The van der Waals surface area contributed by atoms with Crippen LogP contribution >= 0.6 is 0 Å². The second-order valence-electron chi connectivity index (χ2n) is 4.94. The molecule has 6 heteroatoms. The van der Waals surface area contributed by atoms with Crippen LogP contribution in [0.1, 0.15) is 39.8 Å².